The Morgan fingerprint density at radius 1 is 1.18 bits per heavy atom. The lowest BCUT2D eigenvalue weighted by Crippen LogP contribution is -2.23. The molecule has 0 saturated carbocycles. The topological polar surface area (TPSA) is 120 Å². The Morgan fingerprint density at radius 2 is 2.04 bits per heavy atom. The van der Waals surface area contributed by atoms with Gasteiger partial charge in [0.05, 0.1) is 35.8 Å². The first-order valence-corrected chi connectivity index (χ1v) is 9.71. The first-order valence-electron chi connectivity index (χ1n) is 8.23. The van der Waals surface area contributed by atoms with Crippen molar-refractivity contribution in [2.75, 3.05) is 7.11 Å². The molecule has 0 fully saturated rings. The van der Waals surface area contributed by atoms with Gasteiger partial charge in [-0.15, -0.1) is 0 Å². The minimum absolute atomic E-state index is 0.0215. The molecule has 0 amide bonds. The first-order chi connectivity index (χ1) is 13.5. The number of hydrogen-bond acceptors (Lipinski definition) is 7. The standard InChI is InChI=1S/C18H15N5O4S/c1-27-16-3-2-4-17(21-16)28(25,26)14-5-6-15-12(9-14)10-20-23(18(15)24)11-13-7-8-19-22-13/h2-10H,11H2,1H3,(H,19,22). The Kier molecular flexibility index (Phi) is 4.40. The number of rotatable bonds is 5. The van der Waals surface area contributed by atoms with Crippen LogP contribution in [0.3, 0.4) is 0 Å². The molecule has 4 aromatic rings. The maximum atomic E-state index is 12.9. The van der Waals surface area contributed by atoms with Crippen molar-refractivity contribution >= 4 is 20.6 Å². The highest BCUT2D eigenvalue weighted by Gasteiger charge is 2.21. The average molecular weight is 397 g/mol. The monoisotopic (exact) mass is 397 g/mol. The molecule has 0 aliphatic carbocycles. The summed E-state index contributed by atoms with van der Waals surface area (Å²) in [5, 5.41) is 11.4. The van der Waals surface area contributed by atoms with Crippen molar-refractivity contribution in [3.05, 3.63) is 70.9 Å². The third kappa shape index (κ3) is 3.14. The van der Waals surface area contributed by atoms with E-state index >= 15 is 0 Å². The van der Waals surface area contributed by atoms with Crippen molar-refractivity contribution in [3.8, 4) is 5.88 Å². The van der Waals surface area contributed by atoms with Crippen molar-refractivity contribution in [3.63, 3.8) is 0 Å². The summed E-state index contributed by atoms with van der Waals surface area (Å²) in [6.07, 6.45) is 3.05. The summed E-state index contributed by atoms with van der Waals surface area (Å²) < 4.78 is 32.0. The van der Waals surface area contributed by atoms with Gasteiger partial charge < -0.3 is 4.74 Å². The van der Waals surface area contributed by atoms with E-state index in [1.807, 2.05) is 0 Å². The van der Waals surface area contributed by atoms with Gasteiger partial charge in [0.15, 0.2) is 5.03 Å². The zero-order valence-corrected chi connectivity index (χ0v) is 15.5. The van der Waals surface area contributed by atoms with E-state index in [1.165, 1.54) is 42.3 Å². The van der Waals surface area contributed by atoms with Crippen LogP contribution in [0.4, 0.5) is 0 Å². The molecule has 0 aliphatic rings. The summed E-state index contributed by atoms with van der Waals surface area (Å²) in [4.78, 5) is 16.7. The Labute approximate surface area is 159 Å². The molecule has 1 N–H and O–H groups in total. The van der Waals surface area contributed by atoms with Crippen LogP contribution in [0.25, 0.3) is 10.8 Å². The number of sulfone groups is 1. The summed E-state index contributed by atoms with van der Waals surface area (Å²) in [5.74, 6) is 0.199. The molecule has 1 aromatic carbocycles. The highest BCUT2D eigenvalue weighted by Crippen LogP contribution is 2.23. The van der Waals surface area contributed by atoms with Crippen molar-refractivity contribution in [2.24, 2.45) is 0 Å². The SMILES string of the molecule is COc1cccc(S(=O)(=O)c2ccc3c(=O)n(Cc4ccn[nH]4)ncc3c2)n1. The van der Waals surface area contributed by atoms with Gasteiger partial charge in [0.25, 0.3) is 5.56 Å². The number of nitrogens with one attached hydrogen (secondary N) is 1. The van der Waals surface area contributed by atoms with Crippen molar-refractivity contribution in [2.45, 2.75) is 16.5 Å². The van der Waals surface area contributed by atoms with Crippen molar-refractivity contribution in [1.82, 2.24) is 25.0 Å². The lowest BCUT2D eigenvalue weighted by atomic mass is 10.2. The molecule has 0 spiro atoms. The number of nitrogens with zero attached hydrogens (tertiary/aromatic N) is 4. The number of aromatic amines is 1. The van der Waals surface area contributed by atoms with E-state index in [0.717, 1.165) is 5.69 Å². The van der Waals surface area contributed by atoms with Crippen LogP contribution >= 0.6 is 0 Å². The number of pyridine rings is 1. The third-order valence-corrected chi connectivity index (χ3v) is 5.85. The second-order valence-corrected chi connectivity index (χ2v) is 7.86. The predicted octanol–water partition coefficient (Wildman–Crippen LogP) is 1.40. The van der Waals surface area contributed by atoms with Gasteiger partial charge in [0, 0.05) is 17.6 Å². The molecule has 0 saturated heterocycles. The smallest absolute Gasteiger partial charge is 0.274 e. The summed E-state index contributed by atoms with van der Waals surface area (Å²) in [6, 6.07) is 10.5. The lowest BCUT2D eigenvalue weighted by molar-refractivity contribution is 0.393. The molecule has 9 nitrogen and oxygen atoms in total. The van der Waals surface area contributed by atoms with Crippen LogP contribution in [0.15, 0.2) is 69.6 Å². The molecule has 0 aliphatic heterocycles. The van der Waals surface area contributed by atoms with Gasteiger partial charge in [-0.3, -0.25) is 9.89 Å². The number of fused-ring (bicyclic) bond motifs is 1. The van der Waals surface area contributed by atoms with Gasteiger partial charge in [-0.25, -0.2) is 18.1 Å². The molecule has 28 heavy (non-hydrogen) atoms. The van der Waals surface area contributed by atoms with Crippen LogP contribution in [0, 0.1) is 0 Å². The van der Waals surface area contributed by atoms with E-state index in [1.54, 1.807) is 24.4 Å². The van der Waals surface area contributed by atoms with Crippen LogP contribution in [-0.2, 0) is 16.4 Å². The Bertz CT molecular complexity index is 1310. The predicted molar refractivity (Wildman–Crippen MR) is 99.9 cm³/mol. The normalized spacial score (nSPS) is 11.6. The first kappa shape index (κ1) is 17.9. The average Bonchev–Trinajstić information content (AvgIpc) is 3.23. The van der Waals surface area contributed by atoms with Gasteiger partial charge in [-0.2, -0.15) is 10.2 Å². The molecule has 0 bridgehead atoms. The van der Waals surface area contributed by atoms with Crippen molar-refractivity contribution < 1.29 is 13.2 Å². The Morgan fingerprint density at radius 3 is 2.79 bits per heavy atom. The maximum absolute atomic E-state index is 12.9. The molecule has 10 heteroatoms. The Hall–Kier alpha value is -3.53. The minimum atomic E-state index is -3.87. The van der Waals surface area contributed by atoms with Crippen LogP contribution < -0.4 is 10.3 Å². The van der Waals surface area contributed by atoms with Crippen LogP contribution in [0.5, 0.6) is 5.88 Å². The Balaban J connectivity index is 1.76. The summed E-state index contributed by atoms with van der Waals surface area (Å²) >= 11 is 0. The molecule has 3 aromatic heterocycles. The van der Waals surface area contributed by atoms with E-state index in [-0.39, 0.29) is 27.9 Å². The second-order valence-electron chi connectivity index (χ2n) is 5.96. The molecule has 0 unspecified atom stereocenters. The number of methoxy groups -OCH3 is 1. The van der Waals surface area contributed by atoms with Gasteiger partial charge in [-0.1, -0.05) is 6.07 Å². The molecule has 0 atom stereocenters. The zero-order chi connectivity index (χ0) is 19.7. The molecule has 142 valence electrons. The third-order valence-electron chi connectivity index (χ3n) is 4.20. The number of aromatic nitrogens is 5. The van der Waals surface area contributed by atoms with E-state index in [0.29, 0.717) is 10.8 Å². The van der Waals surface area contributed by atoms with E-state index in [9.17, 15) is 13.2 Å². The molecule has 4 rings (SSSR count). The quantitative estimate of drug-likeness (QED) is 0.540. The van der Waals surface area contributed by atoms with Gasteiger partial charge in [0.2, 0.25) is 15.7 Å². The fourth-order valence-electron chi connectivity index (χ4n) is 2.76. The van der Waals surface area contributed by atoms with Gasteiger partial charge in [-0.05, 0) is 30.3 Å². The summed E-state index contributed by atoms with van der Waals surface area (Å²) in [7, 11) is -2.46. The van der Waals surface area contributed by atoms with E-state index in [2.05, 4.69) is 20.3 Å². The van der Waals surface area contributed by atoms with Crippen molar-refractivity contribution in [1.29, 1.82) is 0 Å². The molecule has 3 heterocycles. The molecular formula is C18H15N5O4S. The molecular weight excluding hydrogens is 382 g/mol. The number of hydrogen-bond donors (Lipinski definition) is 1. The zero-order valence-electron chi connectivity index (χ0n) is 14.7. The fraction of sp³-hybridized carbons (Fsp3) is 0.111. The van der Waals surface area contributed by atoms with Gasteiger partial charge in [0.1, 0.15) is 0 Å². The second kappa shape index (κ2) is 6.89. The van der Waals surface area contributed by atoms with E-state index < -0.39 is 9.84 Å². The van der Waals surface area contributed by atoms with Gasteiger partial charge >= 0.3 is 0 Å². The summed E-state index contributed by atoms with van der Waals surface area (Å²) in [6.45, 7) is 0.239. The largest absolute Gasteiger partial charge is 0.481 e. The number of benzene rings is 1. The highest BCUT2D eigenvalue weighted by molar-refractivity contribution is 7.91. The van der Waals surface area contributed by atoms with Crippen LogP contribution in [-0.4, -0.2) is 40.5 Å². The number of ether oxygens (including phenoxy) is 1. The summed E-state index contributed by atoms with van der Waals surface area (Å²) in [5.41, 5.74) is 0.410. The maximum Gasteiger partial charge on any atom is 0.274 e. The minimum Gasteiger partial charge on any atom is -0.481 e. The molecule has 0 radical (unpaired) electrons. The van der Waals surface area contributed by atoms with Crippen LogP contribution in [0.2, 0.25) is 0 Å². The highest BCUT2D eigenvalue weighted by atomic mass is 32.2. The van der Waals surface area contributed by atoms with Crippen LogP contribution in [0.1, 0.15) is 5.69 Å². The fourth-order valence-corrected chi connectivity index (χ4v) is 4.00. The number of H-pyrrole nitrogens is 1. The van der Waals surface area contributed by atoms with E-state index in [4.69, 9.17) is 4.74 Å². The lowest BCUT2D eigenvalue weighted by Gasteiger charge is -2.08.